The standard InChI is InChI=1S/C17H20ClN3O4/c1-11(2)16-14(17(24)19-7-8-25-10-15(22)23)9-20-21(16)13-5-3-12(18)4-6-13/h3-6,9,11H,7-8,10H2,1-2H3,(H,19,24)(H,22,23). The molecular weight excluding hydrogens is 346 g/mol. The first-order valence-electron chi connectivity index (χ1n) is 7.81. The number of nitrogens with one attached hydrogen (secondary N) is 1. The summed E-state index contributed by atoms with van der Waals surface area (Å²) in [5.74, 6) is -1.25. The van der Waals surface area contributed by atoms with E-state index in [2.05, 4.69) is 10.4 Å². The van der Waals surface area contributed by atoms with Crippen LogP contribution >= 0.6 is 11.6 Å². The lowest BCUT2D eigenvalue weighted by molar-refractivity contribution is -0.142. The van der Waals surface area contributed by atoms with Crippen molar-refractivity contribution in [2.75, 3.05) is 19.8 Å². The number of rotatable bonds is 8. The van der Waals surface area contributed by atoms with Gasteiger partial charge >= 0.3 is 5.97 Å². The Hall–Kier alpha value is -2.38. The number of carbonyl (C=O) groups excluding carboxylic acids is 1. The van der Waals surface area contributed by atoms with Crippen molar-refractivity contribution in [3.05, 3.63) is 46.7 Å². The first-order chi connectivity index (χ1) is 11.9. The van der Waals surface area contributed by atoms with Gasteiger partial charge in [0.2, 0.25) is 0 Å². The van der Waals surface area contributed by atoms with Crippen LogP contribution in [-0.4, -0.2) is 46.5 Å². The molecule has 0 saturated carbocycles. The van der Waals surface area contributed by atoms with Crippen molar-refractivity contribution in [1.29, 1.82) is 0 Å². The largest absolute Gasteiger partial charge is 0.480 e. The highest BCUT2D eigenvalue weighted by Gasteiger charge is 2.20. The fourth-order valence-corrected chi connectivity index (χ4v) is 2.49. The van der Waals surface area contributed by atoms with E-state index in [1.807, 2.05) is 26.0 Å². The Bertz CT molecular complexity index is 741. The van der Waals surface area contributed by atoms with Crippen LogP contribution in [0.25, 0.3) is 5.69 Å². The molecule has 1 amide bonds. The van der Waals surface area contributed by atoms with Gasteiger partial charge in [0.15, 0.2) is 0 Å². The van der Waals surface area contributed by atoms with Crippen LogP contribution in [0.5, 0.6) is 0 Å². The highest BCUT2D eigenvalue weighted by Crippen LogP contribution is 2.23. The Morgan fingerprint density at radius 2 is 2.00 bits per heavy atom. The number of hydrogen-bond acceptors (Lipinski definition) is 4. The number of halogens is 1. The van der Waals surface area contributed by atoms with Crippen LogP contribution in [-0.2, 0) is 9.53 Å². The highest BCUT2D eigenvalue weighted by atomic mass is 35.5. The lowest BCUT2D eigenvalue weighted by Crippen LogP contribution is -2.28. The molecule has 0 aliphatic carbocycles. The van der Waals surface area contributed by atoms with Gasteiger partial charge in [0.25, 0.3) is 5.91 Å². The number of carboxylic acids is 1. The van der Waals surface area contributed by atoms with Crippen molar-refractivity contribution in [2.45, 2.75) is 19.8 Å². The minimum Gasteiger partial charge on any atom is -0.480 e. The van der Waals surface area contributed by atoms with E-state index in [4.69, 9.17) is 21.4 Å². The molecule has 0 radical (unpaired) electrons. The zero-order chi connectivity index (χ0) is 18.4. The number of benzene rings is 1. The third kappa shape index (κ3) is 5.04. The Kier molecular flexibility index (Phi) is 6.55. The van der Waals surface area contributed by atoms with Gasteiger partial charge in [-0.1, -0.05) is 25.4 Å². The van der Waals surface area contributed by atoms with Crippen molar-refractivity contribution < 1.29 is 19.4 Å². The average molecular weight is 366 g/mol. The van der Waals surface area contributed by atoms with E-state index in [0.29, 0.717) is 10.6 Å². The van der Waals surface area contributed by atoms with Gasteiger partial charge < -0.3 is 15.2 Å². The summed E-state index contributed by atoms with van der Waals surface area (Å²) in [7, 11) is 0. The molecule has 2 N–H and O–H groups in total. The van der Waals surface area contributed by atoms with Gasteiger partial charge in [0.1, 0.15) is 6.61 Å². The van der Waals surface area contributed by atoms with Crippen LogP contribution in [0.4, 0.5) is 0 Å². The van der Waals surface area contributed by atoms with E-state index in [9.17, 15) is 9.59 Å². The summed E-state index contributed by atoms with van der Waals surface area (Å²) in [5.41, 5.74) is 2.08. The van der Waals surface area contributed by atoms with E-state index in [1.165, 1.54) is 6.20 Å². The van der Waals surface area contributed by atoms with Crippen LogP contribution in [0, 0.1) is 0 Å². The Labute approximate surface area is 150 Å². The quantitative estimate of drug-likeness (QED) is 0.701. The van der Waals surface area contributed by atoms with Crippen molar-refractivity contribution in [2.24, 2.45) is 0 Å². The highest BCUT2D eigenvalue weighted by molar-refractivity contribution is 6.30. The molecule has 1 aromatic heterocycles. The molecule has 0 aliphatic heterocycles. The zero-order valence-electron chi connectivity index (χ0n) is 14.0. The molecule has 0 atom stereocenters. The smallest absolute Gasteiger partial charge is 0.329 e. The maximum Gasteiger partial charge on any atom is 0.329 e. The molecule has 2 rings (SSSR count). The minimum atomic E-state index is -1.04. The van der Waals surface area contributed by atoms with Crippen molar-refractivity contribution in [3.63, 3.8) is 0 Å². The van der Waals surface area contributed by atoms with Crippen LogP contribution in [0.15, 0.2) is 30.5 Å². The second-order valence-corrected chi connectivity index (χ2v) is 6.13. The third-order valence-corrected chi connectivity index (χ3v) is 3.68. The van der Waals surface area contributed by atoms with E-state index in [-0.39, 0.29) is 31.6 Å². The van der Waals surface area contributed by atoms with E-state index in [0.717, 1.165) is 11.4 Å². The topological polar surface area (TPSA) is 93.4 Å². The summed E-state index contributed by atoms with van der Waals surface area (Å²) >= 11 is 5.92. The van der Waals surface area contributed by atoms with Gasteiger partial charge in [0.05, 0.1) is 29.7 Å². The number of hydrogen-bond donors (Lipinski definition) is 2. The number of carboxylic acid groups (broad SMARTS) is 1. The predicted octanol–water partition coefficient (Wildman–Crippen LogP) is 2.48. The number of nitrogens with zero attached hydrogens (tertiary/aromatic N) is 2. The second kappa shape index (κ2) is 8.64. The van der Waals surface area contributed by atoms with Gasteiger partial charge in [-0.3, -0.25) is 4.79 Å². The SMILES string of the molecule is CC(C)c1c(C(=O)NCCOCC(=O)O)cnn1-c1ccc(Cl)cc1. The fourth-order valence-electron chi connectivity index (χ4n) is 2.37. The first kappa shape index (κ1) is 19.0. The third-order valence-electron chi connectivity index (χ3n) is 3.43. The molecule has 25 heavy (non-hydrogen) atoms. The van der Waals surface area contributed by atoms with Gasteiger partial charge in [-0.05, 0) is 30.2 Å². The number of amides is 1. The van der Waals surface area contributed by atoms with Crippen LogP contribution < -0.4 is 5.32 Å². The molecule has 1 heterocycles. The van der Waals surface area contributed by atoms with Crippen LogP contribution in [0.3, 0.4) is 0 Å². The monoisotopic (exact) mass is 365 g/mol. The molecule has 0 spiro atoms. The lowest BCUT2D eigenvalue weighted by atomic mass is 10.1. The second-order valence-electron chi connectivity index (χ2n) is 5.69. The van der Waals surface area contributed by atoms with E-state index in [1.54, 1.807) is 16.8 Å². The molecule has 134 valence electrons. The molecule has 0 saturated heterocycles. The summed E-state index contributed by atoms with van der Waals surface area (Å²) in [6.07, 6.45) is 1.53. The fraction of sp³-hybridized carbons (Fsp3) is 0.353. The molecule has 0 bridgehead atoms. The van der Waals surface area contributed by atoms with Gasteiger partial charge in [-0.2, -0.15) is 5.10 Å². The van der Waals surface area contributed by atoms with Crippen LogP contribution in [0.1, 0.15) is 35.8 Å². The Balaban J connectivity index is 2.11. The number of carbonyl (C=O) groups is 2. The average Bonchev–Trinajstić information content (AvgIpc) is 3.00. The molecule has 0 fully saturated rings. The number of aromatic nitrogens is 2. The number of ether oxygens (including phenoxy) is 1. The lowest BCUT2D eigenvalue weighted by Gasteiger charge is -2.13. The van der Waals surface area contributed by atoms with Gasteiger partial charge in [0, 0.05) is 11.6 Å². The summed E-state index contributed by atoms with van der Waals surface area (Å²) in [5, 5.41) is 16.2. The first-order valence-corrected chi connectivity index (χ1v) is 8.19. The summed E-state index contributed by atoms with van der Waals surface area (Å²) in [4.78, 5) is 22.8. The summed E-state index contributed by atoms with van der Waals surface area (Å²) in [6.45, 7) is 3.92. The molecule has 7 nitrogen and oxygen atoms in total. The van der Waals surface area contributed by atoms with E-state index < -0.39 is 5.97 Å². The maximum atomic E-state index is 12.4. The molecule has 0 unspecified atom stereocenters. The van der Waals surface area contributed by atoms with Gasteiger partial charge in [-0.25, -0.2) is 9.48 Å². The van der Waals surface area contributed by atoms with Crippen molar-refractivity contribution >= 4 is 23.5 Å². The van der Waals surface area contributed by atoms with Crippen molar-refractivity contribution in [3.8, 4) is 5.69 Å². The molecule has 0 aliphatic rings. The molecule has 2 aromatic rings. The zero-order valence-corrected chi connectivity index (χ0v) is 14.8. The molecule has 1 aromatic carbocycles. The maximum absolute atomic E-state index is 12.4. The van der Waals surface area contributed by atoms with Gasteiger partial charge in [-0.15, -0.1) is 0 Å². The summed E-state index contributed by atoms with van der Waals surface area (Å²) < 4.78 is 6.62. The Morgan fingerprint density at radius 3 is 2.60 bits per heavy atom. The van der Waals surface area contributed by atoms with E-state index >= 15 is 0 Å². The Morgan fingerprint density at radius 1 is 1.32 bits per heavy atom. The normalized spacial score (nSPS) is 10.9. The predicted molar refractivity (Wildman–Crippen MR) is 93.5 cm³/mol. The van der Waals surface area contributed by atoms with Crippen LogP contribution in [0.2, 0.25) is 5.02 Å². The molecular formula is C17H20ClN3O4. The summed E-state index contributed by atoms with van der Waals surface area (Å²) in [6, 6.07) is 7.20. The minimum absolute atomic E-state index is 0.0715. The molecule has 8 heteroatoms. The van der Waals surface area contributed by atoms with Crippen molar-refractivity contribution in [1.82, 2.24) is 15.1 Å². The number of aliphatic carboxylic acids is 1.